The molecule has 2 aromatic rings. The van der Waals surface area contributed by atoms with Gasteiger partial charge in [-0.05, 0) is 57.1 Å². The third-order valence-corrected chi connectivity index (χ3v) is 5.40. The molecular weight excluding hydrogens is 373 g/mol. The quantitative estimate of drug-likeness (QED) is 0.581. The van der Waals surface area contributed by atoms with Gasteiger partial charge in [0.2, 0.25) is 0 Å². The predicted molar refractivity (Wildman–Crippen MR) is 110 cm³/mol. The van der Waals surface area contributed by atoms with Gasteiger partial charge in [-0.3, -0.25) is 4.79 Å². The van der Waals surface area contributed by atoms with Gasteiger partial charge in [0, 0.05) is 17.2 Å². The first-order chi connectivity index (χ1) is 14.0. The lowest BCUT2D eigenvalue weighted by Crippen LogP contribution is -2.29. The fraction of sp³-hybridized carbons (Fsp3) is 0.348. The average Bonchev–Trinajstić information content (AvgIpc) is 2.73. The second-order valence-electron chi connectivity index (χ2n) is 7.22. The van der Waals surface area contributed by atoms with Crippen molar-refractivity contribution in [3.05, 3.63) is 58.9 Å². The molecule has 0 aromatic heterocycles. The number of carbonyl (C=O) groups is 1. The Kier molecular flexibility index (Phi) is 6.54. The minimum absolute atomic E-state index is 0.0646. The summed E-state index contributed by atoms with van der Waals surface area (Å²) in [6.45, 7) is 1.80. The second kappa shape index (κ2) is 9.09. The number of nitrogens with zero attached hydrogens (tertiary/aromatic N) is 1. The molecule has 1 saturated heterocycles. The third kappa shape index (κ3) is 4.43. The van der Waals surface area contributed by atoms with E-state index in [4.69, 9.17) is 9.47 Å². The highest BCUT2D eigenvalue weighted by Crippen LogP contribution is 2.45. The summed E-state index contributed by atoms with van der Waals surface area (Å²) in [7, 11) is 5.02. The van der Waals surface area contributed by atoms with Crippen LogP contribution in [0.1, 0.15) is 40.2 Å². The van der Waals surface area contributed by atoms with E-state index in [1.165, 1.54) is 32.4 Å². The van der Waals surface area contributed by atoms with Crippen molar-refractivity contribution >= 4 is 11.9 Å². The molecule has 6 heteroatoms. The molecule has 0 spiro atoms. The standard InChI is InChI=1S/C23H26FNO4/c1-25-12-10-16(11-13-25)21-19(28-2)14-20(29-3)22(23(21)27)18(26)9-8-15-6-4-5-7-17(15)24/h4-9,14,16,27H,10-13H2,1-3H3/b9-8+. The van der Waals surface area contributed by atoms with Gasteiger partial charge in [-0.15, -0.1) is 0 Å². The number of benzene rings is 2. The number of phenols is 1. The molecule has 0 amide bonds. The Labute approximate surface area is 170 Å². The van der Waals surface area contributed by atoms with Gasteiger partial charge in [-0.2, -0.15) is 0 Å². The summed E-state index contributed by atoms with van der Waals surface area (Å²) < 4.78 is 24.7. The zero-order chi connectivity index (χ0) is 21.0. The Morgan fingerprint density at radius 2 is 1.83 bits per heavy atom. The number of carbonyl (C=O) groups excluding carboxylic acids is 1. The largest absolute Gasteiger partial charge is 0.507 e. The zero-order valence-electron chi connectivity index (χ0n) is 16.9. The van der Waals surface area contributed by atoms with Crippen LogP contribution in [0, 0.1) is 5.82 Å². The minimum atomic E-state index is -0.459. The average molecular weight is 399 g/mol. The number of likely N-dealkylation sites (tertiary alicyclic amines) is 1. The van der Waals surface area contributed by atoms with E-state index in [1.807, 2.05) is 0 Å². The van der Waals surface area contributed by atoms with Gasteiger partial charge in [0.05, 0.1) is 14.2 Å². The van der Waals surface area contributed by atoms with Gasteiger partial charge in [0.15, 0.2) is 5.78 Å². The first-order valence-corrected chi connectivity index (χ1v) is 9.59. The summed E-state index contributed by atoms with van der Waals surface area (Å²) in [5, 5.41) is 11.1. The number of ether oxygens (including phenoxy) is 2. The minimum Gasteiger partial charge on any atom is -0.507 e. The van der Waals surface area contributed by atoms with Crippen molar-refractivity contribution in [2.24, 2.45) is 0 Å². The summed E-state index contributed by atoms with van der Waals surface area (Å²) in [6, 6.07) is 7.82. The molecule has 3 rings (SSSR count). The molecule has 1 N–H and O–H groups in total. The Morgan fingerprint density at radius 3 is 2.45 bits per heavy atom. The maximum Gasteiger partial charge on any atom is 0.193 e. The predicted octanol–water partition coefficient (Wildman–Crippen LogP) is 4.25. The van der Waals surface area contributed by atoms with E-state index < -0.39 is 11.6 Å². The molecule has 0 bridgehead atoms. The van der Waals surface area contributed by atoms with Gasteiger partial charge >= 0.3 is 0 Å². The first-order valence-electron chi connectivity index (χ1n) is 9.59. The van der Waals surface area contributed by atoms with E-state index in [-0.39, 0.29) is 23.0 Å². The van der Waals surface area contributed by atoms with Crippen molar-refractivity contribution < 1.29 is 23.8 Å². The number of aromatic hydroxyl groups is 1. The maximum atomic E-state index is 13.8. The Morgan fingerprint density at radius 1 is 1.17 bits per heavy atom. The number of rotatable bonds is 6. The molecule has 1 aliphatic rings. The van der Waals surface area contributed by atoms with E-state index in [2.05, 4.69) is 11.9 Å². The highest BCUT2D eigenvalue weighted by molar-refractivity contribution is 6.11. The molecule has 1 fully saturated rings. The summed E-state index contributed by atoms with van der Waals surface area (Å²) in [5.74, 6) is -0.204. The van der Waals surface area contributed by atoms with Crippen LogP contribution in [0.2, 0.25) is 0 Å². The molecule has 29 heavy (non-hydrogen) atoms. The molecule has 5 nitrogen and oxygen atoms in total. The van der Waals surface area contributed by atoms with E-state index in [0.29, 0.717) is 16.9 Å². The Hall–Kier alpha value is -2.86. The van der Waals surface area contributed by atoms with Crippen molar-refractivity contribution in [1.29, 1.82) is 0 Å². The molecule has 0 aliphatic carbocycles. The molecule has 0 unspecified atom stereocenters. The molecule has 1 heterocycles. The first kappa shape index (κ1) is 20.9. The van der Waals surface area contributed by atoms with Gasteiger partial charge in [-0.1, -0.05) is 18.2 Å². The van der Waals surface area contributed by atoms with Crippen LogP contribution in [0.3, 0.4) is 0 Å². The number of piperidine rings is 1. The van der Waals surface area contributed by atoms with Crippen LogP contribution in [0.25, 0.3) is 6.08 Å². The van der Waals surface area contributed by atoms with E-state index in [0.717, 1.165) is 25.9 Å². The summed E-state index contributed by atoms with van der Waals surface area (Å²) in [6.07, 6.45) is 4.35. The van der Waals surface area contributed by atoms with Crippen LogP contribution in [0.15, 0.2) is 36.4 Å². The normalized spacial score (nSPS) is 15.6. The lowest BCUT2D eigenvalue weighted by Gasteiger charge is -2.31. The number of phenolic OH excluding ortho intramolecular Hbond substituents is 1. The second-order valence-corrected chi connectivity index (χ2v) is 7.22. The lowest BCUT2D eigenvalue weighted by atomic mass is 9.86. The van der Waals surface area contributed by atoms with Crippen LogP contribution in [0.5, 0.6) is 17.2 Å². The highest BCUT2D eigenvalue weighted by atomic mass is 19.1. The number of allylic oxidation sites excluding steroid dienone is 1. The summed E-state index contributed by atoms with van der Waals surface area (Å²) >= 11 is 0. The van der Waals surface area contributed by atoms with Gasteiger partial charge < -0.3 is 19.5 Å². The van der Waals surface area contributed by atoms with Crippen LogP contribution in [-0.4, -0.2) is 50.1 Å². The number of hydrogen-bond donors (Lipinski definition) is 1. The number of halogens is 1. The Bertz CT molecular complexity index is 917. The third-order valence-electron chi connectivity index (χ3n) is 5.40. The fourth-order valence-corrected chi connectivity index (χ4v) is 3.76. The zero-order valence-corrected chi connectivity index (χ0v) is 16.9. The van der Waals surface area contributed by atoms with Gasteiger partial charge in [-0.25, -0.2) is 4.39 Å². The molecule has 154 valence electrons. The van der Waals surface area contributed by atoms with Crippen molar-refractivity contribution in [2.75, 3.05) is 34.4 Å². The fourth-order valence-electron chi connectivity index (χ4n) is 3.76. The smallest absolute Gasteiger partial charge is 0.193 e. The molecule has 1 aliphatic heterocycles. The van der Waals surface area contributed by atoms with E-state index in [9.17, 15) is 14.3 Å². The van der Waals surface area contributed by atoms with Crippen molar-refractivity contribution in [2.45, 2.75) is 18.8 Å². The Balaban J connectivity index is 2.02. The van der Waals surface area contributed by atoms with Crippen LogP contribution in [-0.2, 0) is 0 Å². The monoisotopic (exact) mass is 399 g/mol. The van der Waals surface area contributed by atoms with Gasteiger partial charge in [0.1, 0.15) is 28.6 Å². The molecular formula is C23H26FNO4. The summed E-state index contributed by atoms with van der Waals surface area (Å²) in [5.41, 5.74) is 0.988. The number of methoxy groups -OCH3 is 2. The molecule has 2 aromatic carbocycles. The SMILES string of the molecule is COc1cc(OC)c(C2CCN(C)CC2)c(O)c1C(=O)/C=C/c1ccccc1F. The summed E-state index contributed by atoms with van der Waals surface area (Å²) in [4.78, 5) is 15.1. The van der Waals surface area contributed by atoms with Crippen molar-refractivity contribution in [3.8, 4) is 17.2 Å². The van der Waals surface area contributed by atoms with Crippen LogP contribution in [0.4, 0.5) is 4.39 Å². The van der Waals surface area contributed by atoms with Crippen molar-refractivity contribution in [3.63, 3.8) is 0 Å². The van der Waals surface area contributed by atoms with E-state index >= 15 is 0 Å². The lowest BCUT2D eigenvalue weighted by molar-refractivity contribution is 0.104. The topological polar surface area (TPSA) is 59.0 Å². The number of ketones is 1. The van der Waals surface area contributed by atoms with Crippen molar-refractivity contribution in [1.82, 2.24) is 4.90 Å². The van der Waals surface area contributed by atoms with Crippen LogP contribution < -0.4 is 9.47 Å². The highest BCUT2D eigenvalue weighted by Gasteiger charge is 2.29. The van der Waals surface area contributed by atoms with Gasteiger partial charge in [0.25, 0.3) is 0 Å². The molecule has 0 atom stereocenters. The molecule has 0 saturated carbocycles. The molecule has 0 radical (unpaired) electrons. The maximum absolute atomic E-state index is 13.8. The van der Waals surface area contributed by atoms with Crippen LogP contribution >= 0.6 is 0 Å². The van der Waals surface area contributed by atoms with E-state index in [1.54, 1.807) is 24.3 Å². The number of hydrogen-bond acceptors (Lipinski definition) is 5.